The fraction of sp³-hybridized carbons (Fsp3) is 0.538. The number of nitrogens with zero attached hydrogens (tertiary/aromatic N) is 2. The molecule has 0 amide bonds. The molecule has 0 unspecified atom stereocenters. The van der Waals surface area contributed by atoms with Crippen molar-refractivity contribution in [3.8, 4) is 0 Å². The Kier molecular flexibility index (Phi) is 5.61. The number of anilines is 1. The molecule has 22 heavy (non-hydrogen) atoms. The summed E-state index contributed by atoms with van der Waals surface area (Å²) in [5.41, 5.74) is -0.240. The van der Waals surface area contributed by atoms with Crippen molar-refractivity contribution >= 4 is 17.1 Å². The van der Waals surface area contributed by atoms with Crippen molar-refractivity contribution < 1.29 is 19.5 Å². The van der Waals surface area contributed by atoms with E-state index in [2.05, 4.69) is 5.32 Å². The lowest BCUT2D eigenvalue weighted by Crippen LogP contribution is -3.14. The summed E-state index contributed by atoms with van der Waals surface area (Å²) >= 11 is 0. The van der Waals surface area contributed by atoms with Crippen LogP contribution in [0.5, 0.6) is 0 Å². The van der Waals surface area contributed by atoms with Crippen molar-refractivity contribution in [2.45, 2.75) is 6.42 Å². The first-order chi connectivity index (χ1) is 10.6. The Bertz CT molecular complexity index is 545. The van der Waals surface area contributed by atoms with E-state index in [0.717, 1.165) is 45.3 Å². The van der Waals surface area contributed by atoms with Crippen LogP contribution in [0.1, 0.15) is 6.42 Å². The molecule has 1 saturated heterocycles. The van der Waals surface area contributed by atoms with Crippen molar-refractivity contribution in [3.63, 3.8) is 0 Å². The summed E-state index contributed by atoms with van der Waals surface area (Å²) < 4.78 is 5.28. The number of morpholine rings is 1. The molecule has 0 radical (unpaired) electrons. The molecule has 9 nitrogen and oxygen atoms in total. The summed E-state index contributed by atoms with van der Waals surface area (Å²) in [5, 5.41) is 24.7. The molecule has 9 heteroatoms. The highest BCUT2D eigenvalue weighted by atomic mass is 16.6. The molecule has 1 fully saturated rings. The van der Waals surface area contributed by atoms with E-state index in [1.165, 1.54) is 17.0 Å². The van der Waals surface area contributed by atoms with Crippen molar-refractivity contribution in [3.05, 3.63) is 38.4 Å². The Hall–Kier alpha value is -2.26. The highest BCUT2D eigenvalue weighted by Crippen LogP contribution is 2.28. The molecule has 0 aromatic heterocycles. The first-order valence-electron chi connectivity index (χ1n) is 7.16. The van der Waals surface area contributed by atoms with Crippen LogP contribution in [0.3, 0.4) is 0 Å². The molecule has 1 aliphatic rings. The van der Waals surface area contributed by atoms with Crippen LogP contribution in [0, 0.1) is 20.2 Å². The highest BCUT2D eigenvalue weighted by molar-refractivity contribution is 5.65. The number of rotatable bonds is 7. The predicted octanol–water partition coefficient (Wildman–Crippen LogP) is 0.220. The van der Waals surface area contributed by atoms with E-state index in [0.29, 0.717) is 12.2 Å². The van der Waals surface area contributed by atoms with E-state index in [1.54, 1.807) is 0 Å². The van der Waals surface area contributed by atoms with Gasteiger partial charge in [-0.2, -0.15) is 0 Å². The van der Waals surface area contributed by atoms with E-state index in [4.69, 9.17) is 4.74 Å². The topological polar surface area (TPSA) is 112 Å². The summed E-state index contributed by atoms with van der Waals surface area (Å²) in [7, 11) is 0. The van der Waals surface area contributed by atoms with Crippen LogP contribution in [-0.4, -0.2) is 49.2 Å². The molecule has 120 valence electrons. The molecule has 1 aliphatic heterocycles. The van der Waals surface area contributed by atoms with Crippen LogP contribution < -0.4 is 10.2 Å². The van der Waals surface area contributed by atoms with Crippen LogP contribution >= 0.6 is 0 Å². The largest absolute Gasteiger partial charge is 0.379 e. The summed E-state index contributed by atoms with van der Waals surface area (Å²) in [5.74, 6) is 0. The van der Waals surface area contributed by atoms with Crippen LogP contribution in [0.15, 0.2) is 18.2 Å². The summed E-state index contributed by atoms with van der Waals surface area (Å²) in [6.45, 7) is 5.07. The quantitative estimate of drug-likeness (QED) is 0.423. The third-order valence-electron chi connectivity index (χ3n) is 3.61. The van der Waals surface area contributed by atoms with Gasteiger partial charge in [0.1, 0.15) is 18.8 Å². The fourth-order valence-electron chi connectivity index (χ4n) is 2.41. The van der Waals surface area contributed by atoms with E-state index in [-0.39, 0.29) is 11.4 Å². The average Bonchev–Trinajstić information content (AvgIpc) is 2.52. The minimum Gasteiger partial charge on any atom is -0.379 e. The van der Waals surface area contributed by atoms with Crippen LogP contribution in [0.2, 0.25) is 0 Å². The molecule has 0 atom stereocenters. The first kappa shape index (κ1) is 16.1. The number of nitro groups is 2. The minimum atomic E-state index is -0.640. The van der Waals surface area contributed by atoms with E-state index in [9.17, 15) is 20.2 Å². The summed E-state index contributed by atoms with van der Waals surface area (Å²) in [4.78, 5) is 21.9. The van der Waals surface area contributed by atoms with Gasteiger partial charge in [-0.15, -0.1) is 0 Å². The lowest BCUT2D eigenvalue weighted by atomic mass is 10.2. The molecule has 0 saturated carbocycles. The Morgan fingerprint density at radius 3 is 2.55 bits per heavy atom. The average molecular weight is 311 g/mol. The smallest absolute Gasteiger partial charge is 0.299 e. The third kappa shape index (κ3) is 4.37. The molecule has 2 rings (SSSR count). The number of benzene rings is 1. The molecular weight excluding hydrogens is 292 g/mol. The van der Waals surface area contributed by atoms with Gasteiger partial charge in [-0.1, -0.05) is 0 Å². The first-order valence-corrected chi connectivity index (χ1v) is 7.16. The molecule has 1 heterocycles. The Balaban J connectivity index is 1.88. The van der Waals surface area contributed by atoms with Crippen molar-refractivity contribution in [2.75, 3.05) is 44.7 Å². The number of nitro benzene ring substituents is 2. The lowest BCUT2D eigenvalue weighted by Gasteiger charge is -2.23. The molecule has 0 bridgehead atoms. The molecule has 1 aromatic carbocycles. The standard InChI is InChI=1S/C13H18N4O5/c18-16(19)11-2-3-12(13(10-11)17(20)21)14-4-1-5-15-6-8-22-9-7-15/h2-3,10,14H,1,4-9H2/p+1. The number of hydrogen-bond acceptors (Lipinski definition) is 6. The third-order valence-corrected chi connectivity index (χ3v) is 3.61. The van der Waals surface area contributed by atoms with Crippen molar-refractivity contribution in [1.82, 2.24) is 0 Å². The maximum absolute atomic E-state index is 11.0. The van der Waals surface area contributed by atoms with Crippen LogP contribution in [-0.2, 0) is 4.74 Å². The van der Waals surface area contributed by atoms with Crippen molar-refractivity contribution in [2.24, 2.45) is 0 Å². The number of quaternary nitrogens is 1. The summed E-state index contributed by atoms with van der Waals surface area (Å²) in [6.07, 6.45) is 0.865. The van der Waals surface area contributed by atoms with E-state index in [1.807, 2.05) is 0 Å². The van der Waals surface area contributed by atoms with Gasteiger partial charge >= 0.3 is 0 Å². The zero-order chi connectivity index (χ0) is 15.9. The Morgan fingerprint density at radius 2 is 1.91 bits per heavy atom. The van der Waals surface area contributed by atoms with Gasteiger partial charge in [-0.25, -0.2) is 0 Å². The van der Waals surface area contributed by atoms with Gasteiger partial charge in [0, 0.05) is 19.0 Å². The Morgan fingerprint density at radius 1 is 1.18 bits per heavy atom. The molecular formula is C13H19N4O5+. The predicted molar refractivity (Wildman–Crippen MR) is 79.2 cm³/mol. The zero-order valence-corrected chi connectivity index (χ0v) is 12.1. The molecule has 1 aromatic rings. The van der Waals surface area contributed by atoms with Crippen LogP contribution in [0.4, 0.5) is 17.1 Å². The molecule has 0 aliphatic carbocycles. The number of ether oxygens (including phenoxy) is 1. The fourth-order valence-corrected chi connectivity index (χ4v) is 2.41. The second kappa shape index (κ2) is 7.66. The lowest BCUT2D eigenvalue weighted by molar-refractivity contribution is -0.908. The number of non-ortho nitro benzene ring substituents is 1. The maximum atomic E-state index is 11.0. The summed E-state index contributed by atoms with van der Waals surface area (Å²) in [6, 6.07) is 3.63. The van der Waals surface area contributed by atoms with E-state index >= 15 is 0 Å². The number of nitrogens with one attached hydrogen (secondary N) is 2. The van der Waals surface area contributed by atoms with Gasteiger partial charge in [0.05, 0.1) is 35.7 Å². The molecule has 0 spiro atoms. The number of hydrogen-bond donors (Lipinski definition) is 2. The second-order valence-electron chi connectivity index (χ2n) is 5.11. The maximum Gasteiger partial charge on any atom is 0.299 e. The van der Waals surface area contributed by atoms with Gasteiger partial charge in [-0.05, 0) is 6.07 Å². The SMILES string of the molecule is O=[N+]([O-])c1ccc(NCCC[NH+]2CCOCC2)c([N+](=O)[O-])c1. The van der Waals surface area contributed by atoms with Crippen molar-refractivity contribution in [1.29, 1.82) is 0 Å². The zero-order valence-electron chi connectivity index (χ0n) is 12.1. The van der Waals surface area contributed by atoms with E-state index < -0.39 is 9.85 Å². The van der Waals surface area contributed by atoms with Gasteiger partial charge in [0.25, 0.3) is 11.4 Å². The molecule has 2 N–H and O–H groups in total. The normalized spacial score (nSPS) is 15.5. The highest BCUT2D eigenvalue weighted by Gasteiger charge is 2.19. The second-order valence-corrected chi connectivity index (χ2v) is 5.11. The van der Waals surface area contributed by atoms with Crippen LogP contribution in [0.25, 0.3) is 0 Å². The van der Waals surface area contributed by atoms with Gasteiger partial charge in [-0.3, -0.25) is 20.2 Å². The minimum absolute atomic E-state index is 0.270. The monoisotopic (exact) mass is 311 g/mol. The van der Waals surface area contributed by atoms with Gasteiger partial charge in [0.15, 0.2) is 0 Å². The van der Waals surface area contributed by atoms with Gasteiger partial charge in [0.2, 0.25) is 0 Å². The Labute approximate surface area is 127 Å². The van der Waals surface area contributed by atoms with Gasteiger partial charge < -0.3 is 15.0 Å².